The second kappa shape index (κ2) is 60.4. The van der Waals surface area contributed by atoms with Crippen molar-refractivity contribution in [2.45, 2.75) is 205 Å². The number of ether oxygens (including phenoxy) is 4. The number of benzene rings is 3. The van der Waals surface area contributed by atoms with Gasteiger partial charge in [0.1, 0.15) is 41.2 Å². The first-order valence-corrected chi connectivity index (χ1v) is 44.8. The number of hydrogen-bond acceptors (Lipinski definition) is 23. The fraction of sp³-hybridized carbons (Fsp3) is 0.625. The minimum absolute atomic E-state index is 0.0286. The highest BCUT2D eigenvalue weighted by molar-refractivity contribution is 14.1. The number of hydrogen-bond donors (Lipinski definition) is 10. The first-order chi connectivity index (χ1) is 59.8. The topological polar surface area (TPSA) is 459 Å². The molecule has 1 fully saturated rings. The van der Waals surface area contributed by atoms with Crippen molar-refractivity contribution < 1.29 is 102 Å². The van der Waals surface area contributed by atoms with Gasteiger partial charge in [-0.3, -0.25) is 57.7 Å². The van der Waals surface area contributed by atoms with E-state index >= 15 is 0 Å². The Morgan fingerprint density at radius 1 is 0.435 bits per heavy atom. The lowest BCUT2D eigenvalue weighted by atomic mass is 9.95. The number of para-hydroxylation sites is 1. The molecule has 35 nitrogen and oxygen atoms in total. The Kier molecular flexibility index (Phi) is 50.4. The van der Waals surface area contributed by atoms with Crippen molar-refractivity contribution in [3.8, 4) is 22.5 Å². The number of carbonyl (C=O) groups is 13. The van der Waals surface area contributed by atoms with E-state index in [2.05, 4.69) is 101 Å². The van der Waals surface area contributed by atoms with Gasteiger partial charge < -0.3 is 86.0 Å². The minimum atomic E-state index is -1.33. The van der Waals surface area contributed by atoms with Crippen LogP contribution in [0.4, 0.5) is 10.5 Å². The second-order valence-electron chi connectivity index (χ2n) is 31.5. The van der Waals surface area contributed by atoms with Gasteiger partial charge in [-0.05, 0) is 149 Å². The van der Waals surface area contributed by atoms with Crippen molar-refractivity contribution in [2.24, 2.45) is 0 Å². The van der Waals surface area contributed by atoms with Crippen LogP contribution in [0.1, 0.15) is 178 Å². The molecule has 7 amide bonds. The molecule has 3 unspecified atom stereocenters. The summed E-state index contributed by atoms with van der Waals surface area (Å²) in [6.45, 7) is 9.16. The third kappa shape index (κ3) is 43.1. The monoisotopic (exact) mass is 1850 g/mol. The Morgan fingerprint density at radius 3 is 1.62 bits per heavy atom. The molecule has 0 bridgehead atoms. The Labute approximate surface area is 740 Å². The summed E-state index contributed by atoms with van der Waals surface area (Å²) in [4.78, 5) is 175. The predicted molar refractivity (Wildman–Crippen MR) is 472 cm³/mol. The number of aromatic nitrogens is 3. The molecule has 2 aliphatic rings. The second-order valence-corrected chi connectivity index (χ2v) is 32.8. The normalized spacial score (nSPS) is 14.3. The molecule has 36 heteroatoms. The number of Topliss-reactive ketones (excluding diaryl/α,β-unsaturated/α-hetero) is 3. The van der Waals surface area contributed by atoms with E-state index in [4.69, 9.17) is 29.2 Å². The number of nitrogens with one attached hydrogen (secondary N) is 6. The summed E-state index contributed by atoms with van der Waals surface area (Å²) < 4.78 is 25.6. The first kappa shape index (κ1) is 104. The van der Waals surface area contributed by atoms with Crippen LogP contribution in [0.15, 0.2) is 72.8 Å². The van der Waals surface area contributed by atoms with Crippen LogP contribution >= 0.6 is 22.6 Å². The standard InChI is InChI=1S/C88H131IN14O21/c1-98-46-47-99(2)49-51-101(64-82(113)114)53-52-100(50-48-98)63-70(106)24-15-18-45-103-84-71-26-12-11-21-66(71)62-102(76-29-14-13-27-72(76)83(84)96-97-103)80(110)39-38-78(108)91-44-55-122-57-59-124-61-60-123-58-56-121-54-41-79(109)93-73(85(115)94-74(86(116)117)28-9-5-8-22-68(104)25-19-20-65-31-33-67(89)34-32-65)36-35-69(105)23-7-3-4-10-30-77(107)90-42-16-6-17-43-92-88(120)95-75(87(118)119)37-40-81(111)112/h11-14,21,26-27,29,31-34,73-75H,3-10,15-20,22-25,28,30,35-64H2,1-2H3,(H,90,107)(H,91,108)(H,93,109)(H,94,115)(H,111,112)(H,113,114)(H,116,117)(H,118,119)(H2,92,95,120). The maximum Gasteiger partial charge on any atom is 0.326 e. The van der Waals surface area contributed by atoms with E-state index in [1.54, 1.807) is 4.90 Å². The smallest absolute Gasteiger partial charge is 0.326 e. The average molecular weight is 1850 g/mol. The van der Waals surface area contributed by atoms with Gasteiger partial charge in [0, 0.05) is 157 Å². The number of urea groups is 1. The predicted octanol–water partition coefficient (Wildman–Crippen LogP) is 6.91. The van der Waals surface area contributed by atoms with Crippen LogP contribution in [0.3, 0.4) is 0 Å². The highest BCUT2D eigenvalue weighted by atomic mass is 127. The molecule has 3 aromatic carbocycles. The van der Waals surface area contributed by atoms with E-state index in [1.807, 2.05) is 70.2 Å². The van der Waals surface area contributed by atoms with Crippen molar-refractivity contribution in [2.75, 3.05) is 157 Å². The Morgan fingerprint density at radius 2 is 0.960 bits per heavy atom. The SMILES string of the molecule is CN1CCN(C)CCN(CC(=O)CCCCn2nnc3c2-c2ccccc2CN(C(=O)CCC(=O)NCCOCCOCCOCCOCCC(=O)NC(CCC(=O)CCCCCCC(=O)NCCCCCNC(=O)NC(CCC(=O)O)C(=O)O)C(=O)NC(CCCCCC(=O)CCCc2ccc(I)cc2)C(=O)O)c2ccccc2-3)CCN(CC(=O)O)CC1. The third-order valence-electron chi connectivity index (χ3n) is 21.4. The molecule has 0 aliphatic carbocycles. The zero-order valence-corrected chi connectivity index (χ0v) is 74.4. The molecule has 124 heavy (non-hydrogen) atoms. The highest BCUT2D eigenvalue weighted by Crippen LogP contribution is 2.41. The highest BCUT2D eigenvalue weighted by Gasteiger charge is 2.32. The number of carbonyl (C=O) groups excluding carboxylic acids is 9. The van der Waals surface area contributed by atoms with E-state index in [-0.39, 0.29) is 172 Å². The number of unbranched alkanes of at least 4 members (excludes halogenated alkanes) is 8. The summed E-state index contributed by atoms with van der Waals surface area (Å²) in [6.07, 6.45) is 9.45. The Hall–Kier alpha value is -9.28. The van der Waals surface area contributed by atoms with E-state index in [9.17, 15) is 77.6 Å². The summed E-state index contributed by atoms with van der Waals surface area (Å²) in [5.74, 6) is -6.51. The number of rotatable bonds is 62. The number of fused-ring (bicyclic) bond motifs is 5. The molecule has 3 atom stereocenters. The summed E-state index contributed by atoms with van der Waals surface area (Å²) in [7, 11) is 4.14. The molecular formula is C88H131IN14O21. The molecule has 1 saturated heterocycles. The fourth-order valence-corrected chi connectivity index (χ4v) is 14.6. The molecule has 3 heterocycles. The van der Waals surface area contributed by atoms with Crippen molar-refractivity contribution in [3.63, 3.8) is 0 Å². The molecule has 0 radical (unpaired) electrons. The molecule has 2 aliphatic heterocycles. The van der Waals surface area contributed by atoms with Crippen LogP contribution in [0.5, 0.6) is 0 Å². The number of halogens is 1. The molecule has 0 saturated carbocycles. The van der Waals surface area contributed by atoms with Gasteiger partial charge in [-0.15, -0.1) is 5.10 Å². The average Bonchev–Trinajstić information content (AvgIpc) is 1.53. The Bertz CT molecular complexity index is 3990. The number of amides is 7. The quantitative estimate of drug-likeness (QED) is 0.0158. The molecule has 0 spiro atoms. The van der Waals surface area contributed by atoms with Gasteiger partial charge in [0.25, 0.3) is 0 Å². The van der Waals surface area contributed by atoms with Gasteiger partial charge >= 0.3 is 29.9 Å². The van der Waals surface area contributed by atoms with Crippen LogP contribution in [0, 0.1) is 3.57 Å². The zero-order valence-electron chi connectivity index (χ0n) is 72.2. The van der Waals surface area contributed by atoms with E-state index in [0.717, 1.165) is 65.0 Å². The van der Waals surface area contributed by atoms with Crippen molar-refractivity contribution in [1.82, 2.24) is 66.5 Å². The summed E-state index contributed by atoms with van der Waals surface area (Å²) in [5, 5.41) is 62.8. The van der Waals surface area contributed by atoms with Crippen LogP contribution < -0.4 is 36.8 Å². The van der Waals surface area contributed by atoms with Crippen LogP contribution in [0.25, 0.3) is 22.5 Å². The van der Waals surface area contributed by atoms with Gasteiger partial charge in [-0.2, -0.15) is 0 Å². The molecule has 10 N–H and O–H groups in total. The van der Waals surface area contributed by atoms with Crippen LogP contribution in [-0.4, -0.2) is 302 Å². The lowest BCUT2D eigenvalue weighted by Gasteiger charge is -2.31. The number of nitrogens with zero attached hydrogens (tertiary/aromatic N) is 8. The van der Waals surface area contributed by atoms with Crippen molar-refractivity contribution >= 4 is 105 Å². The molecular weight excluding hydrogens is 1720 g/mol. The number of carboxylic acid groups (broad SMARTS) is 4. The largest absolute Gasteiger partial charge is 0.481 e. The molecule has 6 rings (SSSR count). The number of ketones is 3. The van der Waals surface area contributed by atoms with E-state index in [1.165, 1.54) is 5.56 Å². The fourth-order valence-electron chi connectivity index (χ4n) is 14.2. The van der Waals surface area contributed by atoms with Gasteiger partial charge in [0.05, 0.1) is 83.9 Å². The van der Waals surface area contributed by atoms with Gasteiger partial charge in [-0.25, -0.2) is 19.1 Å². The number of anilines is 1. The van der Waals surface area contributed by atoms with Crippen molar-refractivity contribution in [3.05, 3.63) is 87.5 Å². The van der Waals surface area contributed by atoms with Gasteiger partial charge in [0.15, 0.2) is 0 Å². The summed E-state index contributed by atoms with van der Waals surface area (Å²) in [5.41, 5.74) is 5.72. The van der Waals surface area contributed by atoms with Crippen LogP contribution in [0.2, 0.25) is 0 Å². The maximum absolute atomic E-state index is 14.2. The van der Waals surface area contributed by atoms with E-state index in [0.29, 0.717) is 154 Å². The zero-order chi connectivity index (χ0) is 89.6. The Balaban J connectivity index is 0.835. The van der Waals surface area contributed by atoms with Gasteiger partial charge in [0.2, 0.25) is 29.5 Å². The lowest BCUT2D eigenvalue weighted by Crippen LogP contribution is -2.51. The number of aliphatic carboxylic acids is 4. The van der Waals surface area contributed by atoms with Gasteiger partial charge in [-0.1, -0.05) is 85.5 Å². The van der Waals surface area contributed by atoms with Crippen LogP contribution in [-0.2, 0) is 96.0 Å². The number of aryl methyl sites for hydroxylation is 2. The molecule has 1 aromatic heterocycles. The van der Waals surface area contributed by atoms with Crippen molar-refractivity contribution in [1.29, 1.82) is 0 Å². The molecule has 686 valence electrons. The summed E-state index contributed by atoms with van der Waals surface area (Å²) >= 11 is 2.25. The first-order valence-electron chi connectivity index (χ1n) is 43.7. The minimum Gasteiger partial charge on any atom is -0.481 e. The summed E-state index contributed by atoms with van der Waals surface area (Å²) in [6, 6.07) is 19.0. The van der Waals surface area contributed by atoms with E-state index < -0.39 is 66.3 Å². The number of carboxylic acids is 4. The lowest BCUT2D eigenvalue weighted by molar-refractivity contribution is -0.143. The third-order valence-corrected chi connectivity index (χ3v) is 22.1. The molecule has 4 aromatic rings. The number of likely N-dealkylation sites (N-methyl/N-ethyl adjacent to an activating group) is 2. The maximum atomic E-state index is 14.2.